The van der Waals surface area contributed by atoms with Gasteiger partial charge in [-0.05, 0) is 106 Å². The second-order valence-electron chi connectivity index (χ2n) is 11.9. The summed E-state index contributed by atoms with van der Waals surface area (Å²) in [6, 6.07) is 14.4. The maximum atomic E-state index is 13.7. The lowest BCUT2D eigenvalue weighted by Crippen LogP contribution is -2.58. The molecule has 0 aromatic heterocycles. The maximum absolute atomic E-state index is 13.7. The second kappa shape index (κ2) is 12.6. The van der Waals surface area contributed by atoms with Crippen LogP contribution in [-0.2, 0) is 11.3 Å². The Hall–Kier alpha value is -2.77. The molecule has 3 unspecified atom stereocenters. The van der Waals surface area contributed by atoms with Gasteiger partial charge in [0.2, 0.25) is 5.91 Å². The molecule has 5 rings (SSSR count). The van der Waals surface area contributed by atoms with Gasteiger partial charge in [0.05, 0.1) is 0 Å². The fourth-order valence-corrected chi connectivity index (χ4v) is 6.61. The summed E-state index contributed by atoms with van der Waals surface area (Å²) in [5, 5.41) is 3.22. The van der Waals surface area contributed by atoms with E-state index in [2.05, 4.69) is 41.4 Å². The number of hydrogen-bond donors (Lipinski definition) is 2. The molecule has 2 saturated carbocycles. The zero-order chi connectivity index (χ0) is 27.4. The van der Waals surface area contributed by atoms with Crippen LogP contribution in [0.1, 0.15) is 72.9 Å². The number of carbonyl (C=O) groups excluding carboxylic acids is 2. The van der Waals surface area contributed by atoms with Gasteiger partial charge in [-0.1, -0.05) is 30.7 Å². The van der Waals surface area contributed by atoms with E-state index in [-0.39, 0.29) is 23.7 Å². The Balaban J connectivity index is 1.33. The van der Waals surface area contributed by atoms with Gasteiger partial charge in [0.25, 0.3) is 5.91 Å². The Morgan fingerprint density at radius 3 is 2.44 bits per heavy atom. The molecule has 0 bridgehead atoms. The highest BCUT2D eigenvalue weighted by atomic mass is 19.1. The second-order valence-corrected chi connectivity index (χ2v) is 11.9. The van der Waals surface area contributed by atoms with Gasteiger partial charge in [0.15, 0.2) is 0 Å². The molecule has 1 aliphatic heterocycles. The van der Waals surface area contributed by atoms with Crippen LogP contribution >= 0.6 is 0 Å². The molecule has 0 radical (unpaired) electrons. The highest BCUT2D eigenvalue weighted by Gasteiger charge is 2.42. The van der Waals surface area contributed by atoms with E-state index in [1.165, 1.54) is 54.7 Å². The van der Waals surface area contributed by atoms with Crippen LogP contribution in [0.25, 0.3) is 0 Å². The van der Waals surface area contributed by atoms with E-state index in [1.54, 1.807) is 4.90 Å². The third kappa shape index (κ3) is 6.87. The number of nitrogens with one attached hydrogen (secondary N) is 1. The van der Waals surface area contributed by atoms with Crippen LogP contribution in [0.3, 0.4) is 0 Å². The minimum absolute atomic E-state index is 0.0725. The van der Waals surface area contributed by atoms with Gasteiger partial charge < -0.3 is 16.0 Å². The van der Waals surface area contributed by atoms with Crippen molar-refractivity contribution < 1.29 is 14.0 Å². The van der Waals surface area contributed by atoms with Gasteiger partial charge in [-0.2, -0.15) is 0 Å². The molecule has 2 aromatic rings. The van der Waals surface area contributed by atoms with E-state index in [9.17, 15) is 14.0 Å². The molecular weight excluding hydrogens is 491 g/mol. The van der Waals surface area contributed by atoms with Crippen molar-refractivity contribution >= 4 is 11.8 Å². The molecular formula is C32H43FN4O2. The largest absolute Gasteiger partial charge is 0.354 e. The lowest BCUT2D eigenvalue weighted by atomic mass is 9.81. The van der Waals surface area contributed by atoms with Crippen LogP contribution in [0.5, 0.6) is 0 Å². The number of nitrogens with two attached hydrogens (primary N) is 1. The molecule has 3 aliphatic rings. The van der Waals surface area contributed by atoms with Crippen molar-refractivity contribution in [2.24, 2.45) is 17.6 Å². The fourth-order valence-electron chi connectivity index (χ4n) is 6.61. The highest BCUT2D eigenvalue weighted by Crippen LogP contribution is 2.35. The normalized spacial score (nSPS) is 25.5. The van der Waals surface area contributed by atoms with Crippen molar-refractivity contribution in [2.45, 2.75) is 83.0 Å². The number of carbonyl (C=O) groups is 2. The number of nitrogens with zero attached hydrogens (tertiary/aromatic N) is 2. The molecule has 2 amide bonds. The van der Waals surface area contributed by atoms with Crippen molar-refractivity contribution in [2.75, 3.05) is 19.6 Å². The van der Waals surface area contributed by atoms with E-state index in [1.807, 2.05) is 0 Å². The Labute approximate surface area is 232 Å². The number of likely N-dealkylation sites (tertiary alicyclic amines) is 1. The molecule has 2 aromatic carbocycles. The average molecular weight is 535 g/mol. The summed E-state index contributed by atoms with van der Waals surface area (Å²) in [7, 11) is 0. The van der Waals surface area contributed by atoms with Crippen LogP contribution in [0.4, 0.5) is 4.39 Å². The molecule has 7 heteroatoms. The fraction of sp³-hybridized carbons (Fsp3) is 0.562. The zero-order valence-electron chi connectivity index (χ0n) is 23.2. The summed E-state index contributed by atoms with van der Waals surface area (Å²) >= 11 is 0. The molecule has 210 valence electrons. The van der Waals surface area contributed by atoms with E-state index in [0.717, 1.165) is 32.2 Å². The van der Waals surface area contributed by atoms with Gasteiger partial charge in [-0.25, -0.2) is 4.39 Å². The van der Waals surface area contributed by atoms with Crippen LogP contribution in [0.2, 0.25) is 0 Å². The van der Waals surface area contributed by atoms with Crippen LogP contribution in [-0.4, -0.2) is 59.4 Å². The first-order valence-corrected chi connectivity index (χ1v) is 14.8. The van der Waals surface area contributed by atoms with Gasteiger partial charge in [-0.3, -0.25) is 14.5 Å². The zero-order valence-corrected chi connectivity index (χ0v) is 23.2. The number of benzene rings is 2. The smallest absolute Gasteiger partial charge is 0.254 e. The van der Waals surface area contributed by atoms with Crippen molar-refractivity contribution in [3.05, 3.63) is 71.0 Å². The third-order valence-corrected chi connectivity index (χ3v) is 9.12. The first-order chi connectivity index (χ1) is 18.9. The first kappa shape index (κ1) is 27.8. The van der Waals surface area contributed by atoms with Crippen LogP contribution < -0.4 is 11.1 Å². The van der Waals surface area contributed by atoms with Gasteiger partial charge >= 0.3 is 0 Å². The molecule has 2 aliphatic carbocycles. The topological polar surface area (TPSA) is 78.7 Å². The number of amides is 2. The average Bonchev–Trinajstić information content (AvgIpc) is 3.81. The predicted molar refractivity (Wildman–Crippen MR) is 152 cm³/mol. The minimum atomic E-state index is -0.548. The monoisotopic (exact) mass is 534 g/mol. The highest BCUT2D eigenvalue weighted by molar-refractivity contribution is 5.97. The van der Waals surface area contributed by atoms with Crippen molar-refractivity contribution in [3.63, 3.8) is 0 Å². The van der Waals surface area contributed by atoms with Crippen LogP contribution in [0.15, 0.2) is 48.5 Å². The summed E-state index contributed by atoms with van der Waals surface area (Å²) in [5.74, 6) is 0.313. The molecule has 0 spiro atoms. The molecule has 3 fully saturated rings. The number of piperidine rings is 1. The van der Waals surface area contributed by atoms with Crippen molar-refractivity contribution in [1.82, 2.24) is 15.1 Å². The van der Waals surface area contributed by atoms with Crippen LogP contribution in [0, 0.1) is 24.6 Å². The maximum Gasteiger partial charge on any atom is 0.254 e. The lowest BCUT2D eigenvalue weighted by Gasteiger charge is -2.43. The molecule has 4 atom stereocenters. The Morgan fingerprint density at radius 2 is 1.72 bits per heavy atom. The summed E-state index contributed by atoms with van der Waals surface area (Å²) in [6.45, 7) is 4.86. The number of rotatable bonds is 9. The van der Waals surface area contributed by atoms with E-state index in [0.29, 0.717) is 49.5 Å². The number of halogens is 1. The summed E-state index contributed by atoms with van der Waals surface area (Å²) in [5.41, 5.74) is 8.96. The third-order valence-electron chi connectivity index (χ3n) is 9.12. The standard InChI is InChI=1S/C32H43FN4O2/c1-22-5-2-3-8-26(22)21-37(28-13-14-28)29-15-16-36(32(39)25-9-11-27(33)12-10-25)30(18-29)31(38)35-20-24-7-4-6-23(17-24)19-34/h2-3,5,8-12,23-24,28-30H,4,6-7,13-21,34H2,1H3,(H,35,38)/t23?,24?,29?,30-/m1/s1. The van der Waals surface area contributed by atoms with Crippen molar-refractivity contribution in [3.8, 4) is 0 Å². The summed E-state index contributed by atoms with van der Waals surface area (Å²) in [6.07, 6.45) is 8.27. The van der Waals surface area contributed by atoms with Gasteiger partial charge in [0.1, 0.15) is 11.9 Å². The molecule has 39 heavy (non-hydrogen) atoms. The minimum Gasteiger partial charge on any atom is -0.354 e. The number of hydrogen-bond acceptors (Lipinski definition) is 4. The molecule has 1 heterocycles. The van der Waals surface area contributed by atoms with Gasteiger partial charge in [0, 0.05) is 37.3 Å². The lowest BCUT2D eigenvalue weighted by molar-refractivity contribution is -0.128. The quantitative estimate of drug-likeness (QED) is 0.491. The predicted octanol–water partition coefficient (Wildman–Crippen LogP) is 4.65. The first-order valence-electron chi connectivity index (χ1n) is 14.8. The molecule has 3 N–H and O–H groups in total. The summed E-state index contributed by atoms with van der Waals surface area (Å²) in [4.78, 5) is 31.6. The van der Waals surface area contributed by atoms with E-state index in [4.69, 9.17) is 5.73 Å². The van der Waals surface area contributed by atoms with Gasteiger partial charge in [-0.15, -0.1) is 0 Å². The Bertz CT molecular complexity index is 1140. The van der Waals surface area contributed by atoms with E-state index < -0.39 is 6.04 Å². The Kier molecular flexibility index (Phi) is 8.98. The Morgan fingerprint density at radius 1 is 0.974 bits per heavy atom. The summed E-state index contributed by atoms with van der Waals surface area (Å²) < 4.78 is 13.6. The SMILES string of the molecule is Cc1ccccc1CN(C1CC1)C1CCN(C(=O)c2ccc(F)cc2)[C@@H](C(=O)NCC2CCCC(CN)C2)C1. The molecule has 1 saturated heterocycles. The van der Waals surface area contributed by atoms with Crippen molar-refractivity contribution in [1.29, 1.82) is 0 Å². The number of aryl methyl sites for hydroxylation is 1. The van der Waals surface area contributed by atoms with E-state index >= 15 is 0 Å². The molecule has 6 nitrogen and oxygen atoms in total.